The smallest absolute Gasteiger partial charge is 0.261 e. The molecule has 3 aromatic carbocycles. The third-order valence-corrected chi connectivity index (χ3v) is 7.43. The summed E-state index contributed by atoms with van der Waals surface area (Å²) in [6, 6.07) is 19.2. The van der Waals surface area contributed by atoms with Gasteiger partial charge in [-0.05, 0) is 67.4 Å². The predicted molar refractivity (Wildman–Crippen MR) is 148 cm³/mol. The molecular weight excluding hydrogens is 521 g/mol. The third kappa shape index (κ3) is 9.10. The van der Waals surface area contributed by atoms with Crippen molar-refractivity contribution in [3.63, 3.8) is 0 Å². The summed E-state index contributed by atoms with van der Waals surface area (Å²) in [6.07, 6.45) is 2.92. The summed E-state index contributed by atoms with van der Waals surface area (Å²) >= 11 is 0. The van der Waals surface area contributed by atoms with Gasteiger partial charge in [-0.1, -0.05) is 50.1 Å². The molecule has 0 heterocycles. The Morgan fingerprint density at radius 2 is 1.62 bits per heavy atom. The van der Waals surface area contributed by atoms with E-state index in [4.69, 9.17) is 4.74 Å². The van der Waals surface area contributed by atoms with Crippen molar-refractivity contribution in [1.29, 1.82) is 0 Å². The van der Waals surface area contributed by atoms with Crippen LogP contribution < -0.4 is 14.8 Å². The van der Waals surface area contributed by atoms with Crippen LogP contribution in [0.25, 0.3) is 0 Å². The Morgan fingerprint density at radius 1 is 0.949 bits per heavy atom. The highest BCUT2D eigenvalue weighted by Crippen LogP contribution is 2.20. The molecule has 0 bridgehead atoms. The highest BCUT2D eigenvalue weighted by molar-refractivity contribution is 7.92. The standard InChI is InChI=1S/C29H34FN3O5S/c1-3-4-8-19-31-29(35)22(2)33(20-23-9-6-5-7-10-23)28(34)21-38-26-15-17-27(18-16-26)39(36,37)32-25-13-11-24(30)12-14-25/h5-7,9-18,22,32H,3-4,8,19-21H2,1-2H3,(H,31,35)/t22-/m1/s1. The Balaban J connectivity index is 1.64. The lowest BCUT2D eigenvalue weighted by atomic mass is 10.1. The molecule has 2 amide bonds. The monoisotopic (exact) mass is 555 g/mol. The van der Waals surface area contributed by atoms with Crippen LogP contribution in [0, 0.1) is 5.82 Å². The number of ether oxygens (including phenoxy) is 1. The molecule has 0 saturated carbocycles. The minimum Gasteiger partial charge on any atom is -0.484 e. The van der Waals surface area contributed by atoms with Crippen LogP contribution in [0.15, 0.2) is 83.8 Å². The van der Waals surface area contributed by atoms with Gasteiger partial charge >= 0.3 is 0 Å². The van der Waals surface area contributed by atoms with Gasteiger partial charge in [-0.15, -0.1) is 0 Å². The average Bonchev–Trinajstić information content (AvgIpc) is 2.94. The van der Waals surface area contributed by atoms with Gasteiger partial charge in [-0.3, -0.25) is 14.3 Å². The molecule has 208 valence electrons. The summed E-state index contributed by atoms with van der Waals surface area (Å²) in [4.78, 5) is 27.4. The summed E-state index contributed by atoms with van der Waals surface area (Å²) < 4.78 is 46.4. The predicted octanol–water partition coefficient (Wildman–Crippen LogP) is 4.73. The van der Waals surface area contributed by atoms with Crippen LogP contribution in [0.2, 0.25) is 0 Å². The van der Waals surface area contributed by atoms with Gasteiger partial charge in [0.2, 0.25) is 5.91 Å². The molecule has 10 heteroatoms. The van der Waals surface area contributed by atoms with Crippen LogP contribution in [0.4, 0.5) is 10.1 Å². The molecule has 0 aliphatic heterocycles. The Bertz CT molecular complexity index is 1320. The maximum atomic E-state index is 13.2. The maximum Gasteiger partial charge on any atom is 0.261 e. The van der Waals surface area contributed by atoms with E-state index < -0.39 is 21.9 Å². The summed E-state index contributed by atoms with van der Waals surface area (Å²) in [5.41, 5.74) is 1.10. The van der Waals surface area contributed by atoms with Crippen LogP contribution in [0.3, 0.4) is 0 Å². The van der Waals surface area contributed by atoms with E-state index in [2.05, 4.69) is 17.0 Å². The Hall–Kier alpha value is -3.92. The fourth-order valence-corrected chi connectivity index (χ4v) is 4.83. The van der Waals surface area contributed by atoms with Crippen molar-refractivity contribution in [3.8, 4) is 5.75 Å². The molecule has 0 saturated heterocycles. The van der Waals surface area contributed by atoms with Crippen molar-refractivity contribution in [2.24, 2.45) is 0 Å². The van der Waals surface area contributed by atoms with E-state index in [0.717, 1.165) is 37.0 Å². The van der Waals surface area contributed by atoms with Gasteiger partial charge in [-0.2, -0.15) is 0 Å². The molecule has 0 radical (unpaired) electrons. The number of hydrogen-bond donors (Lipinski definition) is 2. The average molecular weight is 556 g/mol. The molecule has 0 fully saturated rings. The van der Waals surface area contributed by atoms with E-state index >= 15 is 0 Å². The van der Waals surface area contributed by atoms with E-state index in [1.54, 1.807) is 6.92 Å². The van der Waals surface area contributed by atoms with Gasteiger partial charge in [-0.25, -0.2) is 12.8 Å². The highest BCUT2D eigenvalue weighted by atomic mass is 32.2. The van der Waals surface area contributed by atoms with Gasteiger partial charge in [0.05, 0.1) is 4.90 Å². The van der Waals surface area contributed by atoms with E-state index in [1.807, 2.05) is 30.3 Å². The lowest BCUT2D eigenvalue weighted by molar-refractivity contribution is -0.142. The Labute approximate surface area is 229 Å². The zero-order valence-electron chi connectivity index (χ0n) is 22.1. The van der Waals surface area contributed by atoms with Crippen molar-refractivity contribution in [1.82, 2.24) is 10.2 Å². The number of halogens is 1. The number of carbonyl (C=O) groups excluding carboxylic acids is 2. The number of nitrogens with one attached hydrogen (secondary N) is 2. The normalized spacial score (nSPS) is 11.9. The van der Waals surface area contributed by atoms with Crippen LogP contribution >= 0.6 is 0 Å². The summed E-state index contributed by atoms with van der Waals surface area (Å²) in [7, 11) is -3.90. The van der Waals surface area contributed by atoms with Gasteiger partial charge in [0, 0.05) is 18.8 Å². The number of rotatable bonds is 14. The van der Waals surface area contributed by atoms with Gasteiger partial charge in [0.15, 0.2) is 6.61 Å². The number of nitrogens with zero attached hydrogens (tertiary/aromatic N) is 1. The Morgan fingerprint density at radius 3 is 2.26 bits per heavy atom. The minimum atomic E-state index is -3.90. The number of sulfonamides is 1. The van der Waals surface area contributed by atoms with E-state index in [9.17, 15) is 22.4 Å². The van der Waals surface area contributed by atoms with Crippen molar-refractivity contribution < 1.29 is 27.1 Å². The molecule has 8 nitrogen and oxygen atoms in total. The number of amides is 2. The first-order chi connectivity index (χ1) is 18.7. The minimum absolute atomic E-state index is 0.0235. The number of hydrogen-bond acceptors (Lipinski definition) is 5. The molecule has 2 N–H and O–H groups in total. The number of anilines is 1. The quantitative estimate of drug-likeness (QED) is 0.280. The number of unbranched alkanes of at least 4 members (excludes halogenated alkanes) is 2. The second-order valence-corrected chi connectivity index (χ2v) is 10.7. The van der Waals surface area contributed by atoms with Crippen LogP contribution in [0.5, 0.6) is 5.75 Å². The third-order valence-electron chi connectivity index (χ3n) is 6.04. The molecule has 39 heavy (non-hydrogen) atoms. The number of carbonyl (C=O) groups is 2. The molecule has 0 aromatic heterocycles. The zero-order chi connectivity index (χ0) is 28.3. The molecule has 0 spiro atoms. The molecule has 0 unspecified atom stereocenters. The van der Waals surface area contributed by atoms with Crippen molar-refractivity contribution in [2.75, 3.05) is 17.9 Å². The fourth-order valence-electron chi connectivity index (χ4n) is 3.77. The first-order valence-corrected chi connectivity index (χ1v) is 14.3. The molecule has 0 aliphatic rings. The van der Waals surface area contributed by atoms with Crippen molar-refractivity contribution in [2.45, 2.75) is 50.6 Å². The topological polar surface area (TPSA) is 105 Å². The molecule has 0 aliphatic carbocycles. The maximum absolute atomic E-state index is 13.2. The summed E-state index contributed by atoms with van der Waals surface area (Å²) in [5.74, 6) is -0.804. The highest BCUT2D eigenvalue weighted by Gasteiger charge is 2.26. The fraction of sp³-hybridized carbons (Fsp3) is 0.310. The van der Waals surface area contributed by atoms with Crippen LogP contribution in [-0.2, 0) is 26.2 Å². The van der Waals surface area contributed by atoms with Crippen molar-refractivity contribution in [3.05, 3.63) is 90.2 Å². The lowest BCUT2D eigenvalue weighted by Gasteiger charge is -2.28. The number of benzene rings is 3. The van der Waals surface area contributed by atoms with E-state index in [1.165, 1.54) is 41.3 Å². The van der Waals surface area contributed by atoms with E-state index in [-0.39, 0.29) is 35.5 Å². The van der Waals surface area contributed by atoms with Gasteiger partial charge in [0.25, 0.3) is 15.9 Å². The lowest BCUT2D eigenvalue weighted by Crippen LogP contribution is -2.49. The van der Waals surface area contributed by atoms with Crippen LogP contribution in [-0.4, -0.2) is 44.3 Å². The molecule has 3 rings (SSSR count). The Kier molecular flexibility index (Phi) is 10.9. The molecule has 1 atom stereocenters. The van der Waals surface area contributed by atoms with Gasteiger partial charge in [0.1, 0.15) is 17.6 Å². The van der Waals surface area contributed by atoms with Crippen LogP contribution in [0.1, 0.15) is 38.7 Å². The SMILES string of the molecule is CCCCCNC(=O)[C@@H](C)N(Cc1ccccc1)C(=O)COc1ccc(S(=O)(=O)Nc2ccc(F)cc2)cc1. The first kappa shape index (κ1) is 29.6. The second-order valence-electron chi connectivity index (χ2n) is 9.05. The second kappa shape index (κ2) is 14.3. The van der Waals surface area contributed by atoms with Crippen molar-refractivity contribution >= 4 is 27.5 Å². The summed E-state index contributed by atoms with van der Waals surface area (Å²) in [6.45, 7) is 4.22. The van der Waals surface area contributed by atoms with Gasteiger partial charge < -0.3 is 15.0 Å². The zero-order valence-corrected chi connectivity index (χ0v) is 22.9. The first-order valence-electron chi connectivity index (χ1n) is 12.8. The molecule has 3 aromatic rings. The largest absolute Gasteiger partial charge is 0.484 e. The van der Waals surface area contributed by atoms with E-state index in [0.29, 0.717) is 12.3 Å². The summed E-state index contributed by atoms with van der Waals surface area (Å²) in [5, 5.41) is 2.90. The molecular formula is C29H34FN3O5S.